The highest BCUT2D eigenvalue weighted by Crippen LogP contribution is 2.28. The van der Waals surface area contributed by atoms with Gasteiger partial charge in [0, 0.05) is 10.6 Å². The minimum absolute atomic E-state index is 0.0770. The molecule has 20 heavy (non-hydrogen) atoms. The van der Waals surface area contributed by atoms with Crippen LogP contribution in [0, 0.1) is 0 Å². The molecule has 1 unspecified atom stereocenters. The van der Waals surface area contributed by atoms with E-state index in [4.69, 9.17) is 21.8 Å². The van der Waals surface area contributed by atoms with Crippen LogP contribution in [-0.2, 0) is 4.79 Å². The molecular formula is C14H15ClN2O2S. The van der Waals surface area contributed by atoms with Crippen molar-refractivity contribution >= 4 is 35.0 Å². The molecule has 106 valence electrons. The summed E-state index contributed by atoms with van der Waals surface area (Å²) < 4.78 is 5.23. The van der Waals surface area contributed by atoms with E-state index in [2.05, 4.69) is 5.32 Å². The monoisotopic (exact) mass is 310 g/mol. The van der Waals surface area contributed by atoms with E-state index in [-0.39, 0.29) is 17.7 Å². The molecule has 0 fully saturated rings. The van der Waals surface area contributed by atoms with Crippen LogP contribution in [0.1, 0.15) is 18.7 Å². The maximum atomic E-state index is 11.9. The van der Waals surface area contributed by atoms with Gasteiger partial charge in [0.25, 0.3) is 0 Å². The van der Waals surface area contributed by atoms with Gasteiger partial charge in [-0.2, -0.15) is 0 Å². The Morgan fingerprint density at radius 3 is 2.95 bits per heavy atom. The van der Waals surface area contributed by atoms with Gasteiger partial charge in [-0.3, -0.25) is 4.79 Å². The number of benzene rings is 1. The van der Waals surface area contributed by atoms with Crippen LogP contribution in [0.5, 0.6) is 0 Å². The average molecular weight is 311 g/mol. The van der Waals surface area contributed by atoms with Crippen LogP contribution in [0.15, 0.2) is 45.9 Å². The number of thioether (sulfide) groups is 1. The number of furan rings is 1. The molecule has 0 aliphatic heterocycles. The Hall–Kier alpha value is -1.59. The highest BCUT2D eigenvalue weighted by molar-refractivity contribution is 8.00. The SMILES string of the molecule is CC(NC(=O)CSc1ccc(N)cc1Cl)c1ccco1. The standard InChI is InChI=1S/C14H15ClN2O2S/c1-9(12-3-2-6-19-12)17-14(18)8-20-13-5-4-10(16)7-11(13)15/h2-7,9H,8,16H2,1H3,(H,17,18). The second-order valence-corrected chi connectivity index (χ2v) is 5.71. The predicted octanol–water partition coefficient (Wildman–Crippen LogP) is 3.48. The van der Waals surface area contributed by atoms with Gasteiger partial charge in [-0.1, -0.05) is 11.6 Å². The maximum absolute atomic E-state index is 11.9. The van der Waals surface area contributed by atoms with Crippen LogP contribution >= 0.6 is 23.4 Å². The van der Waals surface area contributed by atoms with E-state index in [9.17, 15) is 4.79 Å². The summed E-state index contributed by atoms with van der Waals surface area (Å²) in [6, 6.07) is 8.71. The van der Waals surface area contributed by atoms with Crippen LogP contribution in [0.4, 0.5) is 5.69 Å². The van der Waals surface area contributed by atoms with E-state index >= 15 is 0 Å². The predicted molar refractivity (Wildman–Crippen MR) is 81.9 cm³/mol. The summed E-state index contributed by atoms with van der Waals surface area (Å²) in [7, 11) is 0. The molecule has 0 saturated heterocycles. The number of hydrogen-bond acceptors (Lipinski definition) is 4. The Bertz CT molecular complexity index is 587. The fourth-order valence-corrected chi connectivity index (χ4v) is 2.75. The van der Waals surface area contributed by atoms with Crippen LogP contribution in [0.3, 0.4) is 0 Å². The van der Waals surface area contributed by atoms with Crippen molar-refractivity contribution in [3.63, 3.8) is 0 Å². The van der Waals surface area contributed by atoms with Gasteiger partial charge in [-0.25, -0.2) is 0 Å². The van der Waals surface area contributed by atoms with Gasteiger partial charge in [0.2, 0.25) is 5.91 Å². The molecule has 6 heteroatoms. The number of carbonyl (C=O) groups is 1. The third-order valence-corrected chi connectivity index (χ3v) is 4.16. The molecule has 1 amide bonds. The Labute approximate surface area is 126 Å². The Balaban J connectivity index is 1.86. The normalized spacial score (nSPS) is 12.1. The van der Waals surface area contributed by atoms with Crippen molar-refractivity contribution in [3.8, 4) is 0 Å². The maximum Gasteiger partial charge on any atom is 0.230 e. The number of rotatable bonds is 5. The van der Waals surface area contributed by atoms with Gasteiger partial charge >= 0.3 is 0 Å². The average Bonchev–Trinajstić information content (AvgIpc) is 2.91. The van der Waals surface area contributed by atoms with Crippen LogP contribution in [-0.4, -0.2) is 11.7 Å². The minimum Gasteiger partial charge on any atom is -0.467 e. The molecular weight excluding hydrogens is 296 g/mol. The first kappa shape index (κ1) is 14.8. The fraction of sp³-hybridized carbons (Fsp3) is 0.214. The molecule has 0 bridgehead atoms. The highest BCUT2D eigenvalue weighted by Gasteiger charge is 2.12. The molecule has 0 spiro atoms. The smallest absolute Gasteiger partial charge is 0.230 e. The van der Waals surface area contributed by atoms with Crippen LogP contribution in [0.25, 0.3) is 0 Å². The molecule has 4 nitrogen and oxygen atoms in total. The zero-order valence-corrected chi connectivity index (χ0v) is 12.5. The second-order valence-electron chi connectivity index (χ2n) is 4.28. The number of nitrogens with one attached hydrogen (secondary N) is 1. The molecule has 1 aromatic heterocycles. The summed E-state index contributed by atoms with van der Waals surface area (Å²) >= 11 is 7.43. The molecule has 3 N–H and O–H groups in total. The minimum atomic E-state index is -0.153. The number of amides is 1. The van der Waals surface area contributed by atoms with Gasteiger partial charge in [-0.05, 0) is 37.3 Å². The first-order chi connectivity index (χ1) is 9.56. The summed E-state index contributed by atoms with van der Waals surface area (Å²) in [6.45, 7) is 1.87. The quantitative estimate of drug-likeness (QED) is 0.655. The number of hydrogen-bond donors (Lipinski definition) is 2. The zero-order chi connectivity index (χ0) is 14.5. The van der Waals surface area contributed by atoms with Crippen molar-refractivity contribution in [2.75, 3.05) is 11.5 Å². The van der Waals surface area contributed by atoms with E-state index in [1.54, 1.807) is 24.5 Å². The van der Waals surface area contributed by atoms with Gasteiger partial charge in [-0.15, -0.1) is 11.8 Å². The summed E-state index contributed by atoms with van der Waals surface area (Å²) in [4.78, 5) is 12.7. The first-order valence-electron chi connectivity index (χ1n) is 6.07. The number of anilines is 1. The van der Waals surface area contributed by atoms with Gasteiger partial charge in [0.1, 0.15) is 5.76 Å². The summed E-state index contributed by atoms with van der Waals surface area (Å²) in [6.07, 6.45) is 1.58. The Morgan fingerprint density at radius 2 is 2.30 bits per heavy atom. The molecule has 0 radical (unpaired) electrons. The second kappa shape index (κ2) is 6.72. The van der Waals surface area contributed by atoms with E-state index in [1.807, 2.05) is 19.1 Å². The van der Waals surface area contributed by atoms with Crippen molar-refractivity contribution in [1.82, 2.24) is 5.32 Å². The number of carbonyl (C=O) groups excluding carboxylic acids is 1. The Kier molecular flexibility index (Phi) is 4.98. The third-order valence-electron chi connectivity index (χ3n) is 2.66. The van der Waals surface area contributed by atoms with Crippen molar-refractivity contribution in [1.29, 1.82) is 0 Å². The summed E-state index contributed by atoms with van der Waals surface area (Å²) in [5.41, 5.74) is 6.23. The molecule has 1 atom stereocenters. The van der Waals surface area contributed by atoms with E-state index in [0.717, 1.165) is 10.7 Å². The Morgan fingerprint density at radius 1 is 1.50 bits per heavy atom. The molecule has 0 saturated carbocycles. The van der Waals surface area contributed by atoms with E-state index in [0.29, 0.717) is 10.7 Å². The lowest BCUT2D eigenvalue weighted by atomic mass is 10.2. The van der Waals surface area contributed by atoms with E-state index < -0.39 is 0 Å². The van der Waals surface area contributed by atoms with Gasteiger partial charge in [0.05, 0.1) is 23.1 Å². The summed E-state index contributed by atoms with van der Waals surface area (Å²) in [5.74, 6) is 0.940. The topological polar surface area (TPSA) is 68.3 Å². The van der Waals surface area contributed by atoms with Crippen molar-refractivity contribution in [2.24, 2.45) is 0 Å². The first-order valence-corrected chi connectivity index (χ1v) is 7.43. The number of halogens is 1. The molecule has 0 aliphatic rings. The third kappa shape index (κ3) is 3.95. The molecule has 2 rings (SSSR count). The lowest BCUT2D eigenvalue weighted by Gasteiger charge is -2.11. The lowest BCUT2D eigenvalue weighted by molar-refractivity contribution is -0.119. The van der Waals surface area contributed by atoms with Gasteiger partial charge < -0.3 is 15.5 Å². The van der Waals surface area contributed by atoms with Crippen LogP contribution in [0.2, 0.25) is 5.02 Å². The van der Waals surface area contributed by atoms with E-state index in [1.165, 1.54) is 11.8 Å². The number of nitrogens with two attached hydrogens (primary N) is 1. The highest BCUT2D eigenvalue weighted by atomic mass is 35.5. The molecule has 1 aromatic carbocycles. The largest absolute Gasteiger partial charge is 0.467 e. The molecule has 1 heterocycles. The van der Waals surface area contributed by atoms with Crippen molar-refractivity contribution in [2.45, 2.75) is 17.9 Å². The fourth-order valence-electron chi connectivity index (χ4n) is 1.67. The lowest BCUT2D eigenvalue weighted by Crippen LogP contribution is -2.27. The summed E-state index contributed by atoms with van der Waals surface area (Å²) in [5, 5.41) is 3.42. The zero-order valence-electron chi connectivity index (χ0n) is 10.9. The number of nitrogen functional groups attached to an aromatic ring is 1. The molecule has 0 aliphatic carbocycles. The molecule has 2 aromatic rings. The van der Waals surface area contributed by atoms with Crippen molar-refractivity contribution < 1.29 is 9.21 Å². The van der Waals surface area contributed by atoms with Crippen LogP contribution < -0.4 is 11.1 Å². The van der Waals surface area contributed by atoms with Gasteiger partial charge in [0.15, 0.2) is 0 Å². The van der Waals surface area contributed by atoms with Crippen molar-refractivity contribution in [3.05, 3.63) is 47.4 Å².